The third-order valence-electron chi connectivity index (χ3n) is 3.63. The Kier molecular flexibility index (Phi) is 9.33. The molecular weight excluding hydrogens is 338 g/mol. The molecule has 0 fully saturated rings. The van der Waals surface area contributed by atoms with E-state index in [1.54, 1.807) is 0 Å². The highest BCUT2D eigenvalue weighted by molar-refractivity contribution is 9.18. The molecule has 0 spiro atoms. The van der Waals surface area contributed by atoms with E-state index in [-0.39, 0.29) is 0 Å². The van der Waals surface area contributed by atoms with Gasteiger partial charge in [-0.1, -0.05) is 44.5 Å². The van der Waals surface area contributed by atoms with E-state index < -0.39 is 0 Å². The van der Waals surface area contributed by atoms with Crippen LogP contribution < -0.4 is 0 Å². The predicted octanol–water partition coefficient (Wildman–Crippen LogP) is 6.04. The van der Waals surface area contributed by atoms with E-state index in [1.165, 1.54) is 29.5 Å². The molecule has 122 valence electrons. The van der Waals surface area contributed by atoms with Crippen molar-refractivity contribution in [3.63, 3.8) is 0 Å². The van der Waals surface area contributed by atoms with Crippen LogP contribution in [0.2, 0.25) is 0 Å². The maximum absolute atomic E-state index is 5.87. The highest BCUT2D eigenvalue weighted by Crippen LogP contribution is 2.16. The van der Waals surface area contributed by atoms with Crippen molar-refractivity contribution >= 4 is 20.6 Å². The van der Waals surface area contributed by atoms with Crippen molar-refractivity contribution in [3.05, 3.63) is 46.7 Å². The van der Waals surface area contributed by atoms with Gasteiger partial charge in [0.2, 0.25) is 0 Å². The Morgan fingerprint density at radius 1 is 1.09 bits per heavy atom. The van der Waals surface area contributed by atoms with Gasteiger partial charge in [0.15, 0.2) is 0 Å². The quantitative estimate of drug-likeness (QED) is 0.488. The average Bonchev–Trinajstić information content (AvgIpc) is 2.52. The van der Waals surface area contributed by atoms with Gasteiger partial charge >= 0.3 is 0 Å². The molecule has 1 aromatic rings. The van der Waals surface area contributed by atoms with Gasteiger partial charge in [0.1, 0.15) is 0 Å². The van der Waals surface area contributed by atoms with Crippen molar-refractivity contribution in [1.82, 2.24) is 0 Å². The van der Waals surface area contributed by atoms with E-state index in [2.05, 4.69) is 66.0 Å². The fraction of sp³-hybridized carbons (Fsp3) is 0.526. The second kappa shape index (κ2) is 10.7. The number of aryl methyl sites for hydroxylation is 1. The van der Waals surface area contributed by atoms with E-state index in [0.29, 0.717) is 13.2 Å². The first-order chi connectivity index (χ1) is 10.6. The summed E-state index contributed by atoms with van der Waals surface area (Å²) in [4.78, 5) is 4.58. The summed E-state index contributed by atoms with van der Waals surface area (Å²) in [7, 11) is 0. The van der Waals surface area contributed by atoms with Gasteiger partial charge in [-0.25, -0.2) is 4.99 Å². The number of hydrogen-bond donors (Lipinski definition) is 0. The van der Waals surface area contributed by atoms with Crippen molar-refractivity contribution in [3.8, 4) is 0 Å². The van der Waals surface area contributed by atoms with Crippen LogP contribution in [0.25, 0.3) is 0 Å². The number of nitrogens with zero attached hydrogens (tertiary/aromatic N) is 1. The van der Waals surface area contributed by atoms with Gasteiger partial charge in [-0.3, -0.25) is 0 Å². The topological polar surface area (TPSA) is 21.6 Å². The van der Waals surface area contributed by atoms with Crippen LogP contribution in [0.4, 0.5) is 0 Å². The molecule has 1 rings (SSSR count). The number of aliphatic imine (C=N–C) groups is 1. The van der Waals surface area contributed by atoms with Crippen molar-refractivity contribution in [2.75, 3.05) is 6.61 Å². The summed E-state index contributed by atoms with van der Waals surface area (Å²) in [6.45, 7) is 9.69. The first-order valence-electron chi connectivity index (χ1n) is 8.11. The number of benzene rings is 1. The normalized spacial score (nSPS) is 13.2. The van der Waals surface area contributed by atoms with E-state index in [1.807, 2.05) is 6.92 Å². The van der Waals surface area contributed by atoms with E-state index in [0.717, 1.165) is 23.2 Å². The lowest BCUT2D eigenvalue weighted by molar-refractivity contribution is 0.141. The van der Waals surface area contributed by atoms with Crippen LogP contribution in [0.15, 0.2) is 40.5 Å². The fourth-order valence-corrected chi connectivity index (χ4v) is 2.37. The molecule has 3 heteroatoms. The Labute approximate surface area is 143 Å². The highest BCUT2D eigenvalue weighted by Gasteiger charge is 2.03. The van der Waals surface area contributed by atoms with Gasteiger partial charge in [-0.15, -0.1) is 0 Å². The number of hydrogen-bond acceptors (Lipinski definition) is 2. The Hall–Kier alpha value is -0.930. The van der Waals surface area contributed by atoms with Crippen LogP contribution in [-0.4, -0.2) is 11.2 Å². The van der Waals surface area contributed by atoms with Crippen molar-refractivity contribution in [2.24, 2.45) is 4.99 Å². The number of rotatable bonds is 9. The van der Waals surface area contributed by atoms with Gasteiger partial charge in [0.25, 0.3) is 0 Å². The van der Waals surface area contributed by atoms with Crippen LogP contribution in [0.1, 0.15) is 58.1 Å². The smallest absolute Gasteiger partial charge is 0.0892 e. The monoisotopic (exact) mass is 365 g/mol. The van der Waals surface area contributed by atoms with Crippen LogP contribution in [-0.2, 0) is 17.8 Å². The molecule has 0 saturated carbocycles. The lowest BCUT2D eigenvalue weighted by atomic mass is 10.1. The fourth-order valence-electron chi connectivity index (χ4n) is 2.16. The Bertz CT molecular complexity index is 499. The minimum atomic E-state index is 0.564. The van der Waals surface area contributed by atoms with Crippen molar-refractivity contribution in [2.45, 2.75) is 60.0 Å². The lowest BCUT2D eigenvalue weighted by Crippen LogP contribution is -2.01. The number of allylic oxidation sites excluding steroid dienone is 1. The van der Waals surface area contributed by atoms with Gasteiger partial charge in [0.05, 0.1) is 23.5 Å². The van der Waals surface area contributed by atoms with Gasteiger partial charge in [-0.05, 0) is 65.7 Å². The maximum atomic E-state index is 5.87. The van der Waals surface area contributed by atoms with Crippen molar-refractivity contribution in [1.29, 1.82) is 0 Å². The van der Waals surface area contributed by atoms with Gasteiger partial charge in [-0.2, -0.15) is 0 Å². The zero-order valence-electron chi connectivity index (χ0n) is 14.3. The first kappa shape index (κ1) is 19.1. The van der Waals surface area contributed by atoms with E-state index in [4.69, 9.17) is 4.74 Å². The molecule has 0 amide bonds. The molecule has 0 aromatic heterocycles. The summed E-state index contributed by atoms with van der Waals surface area (Å²) in [6.07, 6.45) is 4.56. The standard InChI is InChI=1S/C19H28BrNO/c1-5-7-8-15(3)19(21-16(4)20)14-22-13-18-11-9-17(6-2)10-12-18/h9-12H,5-8,13-14H2,1-4H3/b19-15-,21-16?. The molecule has 0 bridgehead atoms. The zero-order valence-corrected chi connectivity index (χ0v) is 15.9. The summed E-state index contributed by atoms with van der Waals surface area (Å²) in [5.41, 5.74) is 4.94. The van der Waals surface area contributed by atoms with Crippen LogP contribution in [0.5, 0.6) is 0 Å². The maximum Gasteiger partial charge on any atom is 0.0892 e. The van der Waals surface area contributed by atoms with Gasteiger partial charge in [0, 0.05) is 0 Å². The number of ether oxygens (including phenoxy) is 1. The molecule has 0 unspecified atom stereocenters. The summed E-state index contributed by atoms with van der Waals surface area (Å²) in [5, 5.41) is 0. The Balaban J connectivity index is 2.61. The molecule has 0 N–H and O–H groups in total. The molecule has 0 aliphatic rings. The Morgan fingerprint density at radius 2 is 1.73 bits per heavy atom. The van der Waals surface area contributed by atoms with Gasteiger partial charge < -0.3 is 4.74 Å². The average molecular weight is 366 g/mol. The molecular formula is C19H28BrNO. The van der Waals surface area contributed by atoms with Crippen LogP contribution in [0, 0.1) is 0 Å². The number of halogens is 1. The predicted molar refractivity (Wildman–Crippen MR) is 99.7 cm³/mol. The Morgan fingerprint density at radius 3 is 2.27 bits per heavy atom. The molecule has 2 nitrogen and oxygen atoms in total. The molecule has 22 heavy (non-hydrogen) atoms. The first-order valence-corrected chi connectivity index (χ1v) is 8.91. The minimum Gasteiger partial charge on any atom is -0.370 e. The third kappa shape index (κ3) is 7.37. The third-order valence-corrected chi connectivity index (χ3v) is 3.80. The molecule has 0 heterocycles. The molecule has 0 aliphatic heterocycles. The minimum absolute atomic E-state index is 0.564. The number of unbranched alkanes of at least 4 members (excludes halogenated alkanes) is 1. The molecule has 0 atom stereocenters. The second-order valence-corrected chi connectivity index (χ2v) is 6.75. The van der Waals surface area contributed by atoms with Crippen LogP contribution >= 0.6 is 15.9 Å². The van der Waals surface area contributed by atoms with E-state index in [9.17, 15) is 0 Å². The molecule has 0 aliphatic carbocycles. The molecule has 0 radical (unpaired) electrons. The van der Waals surface area contributed by atoms with Crippen molar-refractivity contribution < 1.29 is 4.74 Å². The lowest BCUT2D eigenvalue weighted by Gasteiger charge is -2.10. The summed E-state index contributed by atoms with van der Waals surface area (Å²) in [5.74, 6) is 0. The summed E-state index contributed by atoms with van der Waals surface area (Å²) < 4.78 is 6.77. The summed E-state index contributed by atoms with van der Waals surface area (Å²) in [6, 6.07) is 8.63. The van der Waals surface area contributed by atoms with Crippen LogP contribution in [0.3, 0.4) is 0 Å². The summed E-state index contributed by atoms with van der Waals surface area (Å²) >= 11 is 3.42. The largest absolute Gasteiger partial charge is 0.370 e. The zero-order chi connectivity index (χ0) is 16.4. The second-order valence-electron chi connectivity index (χ2n) is 5.60. The highest BCUT2D eigenvalue weighted by atomic mass is 79.9. The molecule has 1 aromatic carbocycles. The SMILES string of the molecule is CCCC/C(C)=C(/COCc1ccc(CC)cc1)N=C(C)Br. The van der Waals surface area contributed by atoms with E-state index >= 15 is 0 Å². The molecule has 0 saturated heterocycles.